The number of sulfone groups is 1. The molecule has 1 aromatic heterocycles. The third-order valence-electron chi connectivity index (χ3n) is 4.37. The number of para-hydroxylation sites is 1. The van der Waals surface area contributed by atoms with E-state index in [0.29, 0.717) is 11.6 Å². The quantitative estimate of drug-likeness (QED) is 0.727. The number of amides is 1. The second kappa shape index (κ2) is 7.17. The van der Waals surface area contributed by atoms with E-state index in [0.717, 1.165) is 11.3 Å². The van der Waals surface area contributed by atoms with Gasteiger partial charge in [0.25, 0.3) is 0 Å². The van der Waals surface area contributed by atoms with Crippen LogP contribution in [0.1, 0.15) is 12.0 Å². The Bertz CT molecular complexity index is 879. The molecule has 0 radical (unpaired) electrons. The second-order valence-corrected chi connectivity index (χ2v) is 9.29. The van der Waals surface area contributed by atoms with E-state index in [1.807, 2.05) is 35.8 Å². The zero-order chi connectivity index (χ0) is 18.0. The van der Waals surface area contributed by atoms with Gasteiger partial charge in [-0.3, -0.25) is 9.36 Å². The molecule has 2 heterocycles. The van der Waals surface area contributed by atoms with Crippen LogP contribution >= 0.6 is 11.8 Å². The molecule has 134 valence electrons. The van der Waals surface area contributed by atoms with Crippen molar-refractivity contribution in [2.24, 2.45) is 0 Å². The second-order valence-electron chi connectivity index (χ2n) is 6.12. The molecule has 1 amide bonds. The number of benzene rings is 1. The number of aromatic nitrogens is 3. The van der Waals surface area contributed by atoms with Gasteiger partial charge >= 0.3 is 0 Å². The van der Waals surface area contributed by atoms with Crippen LogP contribution in [0, 0.1) is 6.92 Å². The normalized spacial score (nSPS) is 19.0. The molecule has 9 heteroatoms. The number of carbonyl (C=O) groups excluding carboxylic acids is 1. The fourth-order valence-electron chi connectivity index (χ4n) is 2.83. The summed E-state index contributed by atoms with van der Waals surface area (Å²) in [5.41, 5.74) is 2.06. The van der Waals surface area contributed by atoms with Gasteiger partial charge in [0.2, 0.25) is 5.91 Å². The molecule has 1 aliphatic rings. The van der Waals surface area contributed by atoms with Crippen LogP contribution in [0.2, 0.25) is 0 Å². The first kappa shape index (κ1) is 17.9. The monoisotopic (exact) mass is 380 g/mol. The summed E-state index contributed by atoms with van der Waals surface area (Å²) in [5, 5.41) is 8.68. The van der Waals surface area contributed by atoms with Gasteiger partial charge in [0.1, 0.15) is 6.33 Å². The van der Waals surface area contributed by atoms with Gasteiger partial charge < -0.3 is 4.90 Å². The van der Waals surface area contributed by atoms with Crippen LogP contribution < -0.4 is 0 Å². The van der Waals surface area contributed by atoms with Crippen molar-refractivity contribution < 1.29 is 13.2 Å². The molecule has 0 unspecified atom stereocenters. The summed E-state index contributed by atoms with van der Waals surface area (Å²) >= 11 is 1.30. The first-order valence-corrected chi connectivity index (χ1v) is 10.7. The van der Waals surface area contributed by atoms with Gasteiger partial charge in [0.15, 0.2) is 15.0 Å². The summed E-state index contributed by atoms with van der Waals surface area (Å²) in [4.78, 5) is 14.0. The van der Waals surface area contributed by atoms with Crippen LogP contribution in [0.25, 0.3) is 5.69 Å². The molecule has 0 bridgehead atoms. The molecule has 0 aliphatic carbocycles. The third-order valence-corrected chi connectivity index (χ3v) is 7.04. The first-order chi connectivity index (χ1) is 11.9. The highest BCUT2D eigenvalue weighted by atomic mass is 32.2. The Morgan fingerprint density at radius 3 is 2.84 bits per heavy atom. The number of rotatable bonds is 5. The maximum atomic E-state index is 12.4. The standard InChI is InChI=1S/C16H20N4O3S2/c1-12-5-3-4-6-14(12)20-11-17-18-16(20)24-9-15(21)19(2)13-7-8-25(22,23)10-13/h3-6,11,13H,7-10H2,1-2H3/t13-/m1/s1. The van der Waals surface area contributed by atoms with Crippen molar-refractivity contribution in [3.63, 3.8) is 0 Å². The Hall–Kier alpha value is -1.87. The van der Waals surface area contributed by atoms with Gasteiger partial charge in [0.05, 0.1) is 22.9 Å². The van der Waals surface area contributed by atoms with Crippen LogP contribution in [0.15, 0.2) is 35.7 Å². The molecule has 1 fully saturated rings. The number of carbonyl (C=O) groups is 1. The zero-order valence-corrected chi connectivity index (χ0v) is 15.8. The Morgan fingerprint density at radius 2 is 2.16 bits per heavy atom. The molecule has 0 spiro atoms. The SMILES string of the molecule is Cc1ccccc1-n1cnnc1SCC(=O)N(C)[C@@H]1CCS(=O)(=O)C1. The van der Waals surface area contributed by atoms with E-state index < -0.39 is 9.84 Å². The van der Waals surface area contributed by atoms with Crippen LogP contribution in [-0.4, -0.2) is 64.3 Å². The van der Waals surface area contributed by atoms with Crippen molar-refractivity contribution in [3.8, 4) is 5.69 Å². The lowest BCUT2D eigenvalue weighted by molar-refractivity contribution is -0.128. The van der Waals surface area contributed by atoms with Crippen molar-refractivity contribution >= 4 is 27.5 Å². The molecule has 0 saturated carbocycles. The van der Waals surface area contributed by atoms with E-state index in [1.165, 1.54) is 11.8 Å². The number of hydrogen-bond donors (Lipinski definition) is 0. The van der Waals surface area contributed by atoms with Crippen LogP contribution in [0.5, 0.6) is 0 Å². The van der Waals surface area contributed by atoms with E-state index in [2.05, 4.69) is 10.2 Å². The van der Waals surface area contributed by atoms with Gasteiger partial charge in [-0.15, -0.1) is 10.2 Å². The third kappa shape index (κ3) is 4.04. The number of nitrogens with zero attached hydrogens (tertiary/aromatic N) is 4. The minimum atomic E-state index is -3.01. The predicted molar refractivity (Wildman–Crippen MR) is 96.6 cm³/mol. The molecular weight excluding hydrogens is 360 g/mol. The summed E-state index contributed by atoms with van der Waals surface area (Å²) < 4.78 is 25.0. The zero-order valence-electron chi connectivity index (χ0n) is 14.1. The molecule has 2 aromatic rings. The van der Waals surface area contributed by atoms with Gasteiger partial charge in [-0.2, -0.15) is 0 Å². The molecule has 3 rings (SSSR count). The highest BCUT2D eigenvalue weighted by Gasteiger charge is 2.32. The summed E-state index contributed by atoms with van der Waals surface area (Å²) in [6.45, 7) is 2.00. The van der Waals surface area contributed by atoms with Gasteiger partial charge in [0, 0.05) is 13.1 Å². The van der Waals surface area contributed by atoms with Gasteiger partial charge in [-0.05, 0) is 25.0 Å². The minimum Gasteiger partial charge on any atom is -0.341 e. The van der Waals surface area contributed by atoms with Crippen molar-refractivity contribution in [3.05, 3.63) is 36.2 Å². The van der Waals surface area contributed by atoms with E-state index in [1.54, 1.807) is 18.3 Å². The summed E-state index contributed by atoms with van der Waals surface area (Å²) in [6.07, 6.45) is 2.14. The fourth-order valence-corrected chi connectivity index (χ4v) is 5.45. The Labute approximate surface area is 151 Å². The first-order valence-electron chi connectivity index (χ1n) is 7.92. The molecule has 1 saturated heterocycles. The van der Waals surface area contributed by atoms with Crippen LogP contribution in [-0.2, 0) is 14.6 Å². The summed E-state index contributed by atoms with van der Waals surface area (Å²) in [7, 11) is -1.34. The summed E-state index contributed by atoms with van der Waals surface area (Å²) in [5.74, 6) is 0.299. The highest BCUT2D eigenvalue weighted by Crippen LogP contribution is 2.23. The molecule has 25 heavy (non-hydrogen) atoms. The minimum absolute atomic E-state index is 0.0549. The predicted octanol–water partition coefficient (Wildman–Crippen LogP) is 1.31. The maximum Gasteiger partial charge on any atom is 0.233 e. The number of hydrogen-bond acceptors (Lipinski definition) is 6. The molecule has 1 aliphatic heterocycles. The lowest BCUT2D eigenvalue weighted by Crippen LogP contribution is -2.38. The van der Waals surface area contributed by atoms with Crippen LogP contribution in [0.3, 0.4) is 0 Å². The molecular formula is C16H20N4O3S2. The smallest absolute Gasteiger partial charge is 0.233 e. The van der Waals surface area contributed by atoms with E-state index >= 15 is 0 Å². The average molecular weight is 380 g/mol. The number of thioether (sulfide) groups is 1. The van der Waals surface area contributed by atoms with Crippen LogP contribution in [0.4, 0.5) is 0 Å². The average Bonchev–Trinajstić information content (AvgIpc) is 3.18. The van der Waals surface area contributed by atoms with Crippen molar-refractivity contribution in [1.29, 1.82) is 0 Å². The fraction of sp³-hybridized carbons (Fsp3) is 0.438. The Kier molecular flexibility index (Phi) is 5.14. The molecule has 7 nitrogen and oxygen atoms in total. The lowest BCUT2D eigenvalue weighted by atomic mass is 10.2. The Balaban J connectivity index is 1.66. The molecule has 0 N–H and O–H groups in total. The number of aryl methyl sites for hydroxylation is 1. The highest BCUT2D eigenvalue weighted by molar-refractivity contribution is 7.99. The van der Waals surface area contributed by atoms with Gasteiger partial charge in [-0.25, -0.2) is 8.42 Å². The van der Waals surface area contributed by atoms with Crippen molar-refractivity contribution in [2.45, 2.75) is 24.5 Å². The van der Waals surface area contributed by atoms with Crippen molar-refractivity contribution in [1.82, 2.24) is 19.7 Å². The van der Waals surface area contributed by atoms with E-state index in [4.69, 9.17) is 0 Å². The lowest BCUT2D eigenvalue weighted by Gasteiger charge is -2.23. The maximum absolute atomic E-state index is 12.4. The van der Waals surface area contributed by atoms with Crippen molar-refractivity contribution in [2.75, 3.05) is 24.3 Å². The topological polar surface area (TPSA) is 85.2 Å². The molecule has 1 atom stereocenters. The van der Waals surface area contributed by atoms with E-state index in [9.17, 15) is 13.2 Å². The summed E-state index contributed by atoms with van der Waals surface area (Å²) in [6, 6.07) is 7.65. The van der Waals surface area contributed by atoms with Gasteiger partial charge in [-0.1, -0.05) is 30.0 Å². The largest absolute Gasteiger partial charge is 0.341 e. The van der Waals surface area contributed by atoms with E-state index in [-0.39, 0.29) is 29.2 Å². The Morgan fingerprint density at radius 1 is 1.40 bits per heavy atom. The molecule has 1 aromatic carbocycles.